The Labute approximate surface area is 68.9 Å². The second-order valence-corrected chi connectivity index (χ2v) is 3.64. The zero-order chi connectivity index (χ0) is 7.61. The zero-order valence-electron chi connectivity index (χ0n) is 5.55. The van der Waals surface area contributed by atoms with Crippen LogP contribution in [0.25, 0.3) is 0 Å². The molecule has 0 fully saturated rings. The Morgan fingerprint density at radius 3 is 2.90 bits per heavy atom. The van der Waals surface area contributed by atoms with E-state index in [2.05, 4.69) is 22.5 Å². The normalized spacial score (nSPS) is 31.6. The van der Waals surface area contributed by atoms with Crippen LogP contribution in [0.4, 0.5) is 0 Å². The van der Waals surface area contributed by atoms with Crippen molar-refractivity contribution in [1.29, 1.82) is 0 Å². The van der Waals surface area contributed by atoms with Crippen molar-refractivity contribution in [2.24, 2.45) is 0 Å². The van der Waals surface area contributed by atoms with Gasteiger partial charge in [0, 0.05) is 6.42 Å². The summed E-state index contributed by atoms with van der Waals surface area (Å²) in [6.45, 7) is 3.62. The first kappa shape index (κ1) is 7.76. The molecule has 0 bridgehead atoms. The van der Waals surface area contributed by atoms with Gasteiger partial charge >= 0.3 is 0 Å². The van der Waals surface area contributed by atoms with Crippen molar-refractivity contribution >= 4 is 15.9 Å². The number of halogens is 1. The van der Waals surface area contributed by atoms with Crippen LogP contribution < -0.4 is 0 Å². The van der Waals surface area contributed by atoms with Gasteiger partial charge in [0.15, 0.2) is 0 Å². The number of aliphatic hydroxyl groups is 1. The van der Waals surface area contributed by atoms with Crippen LogP contribution in [-0.4, -0.2) is 9.62 Å². The van der Waals surface area contributed by atoms with Crippen molar-refractivity contribution in [3.05, 3.63) is 36.5 Å². The van der Waals surface area contributed by atoms with Gasteiger partial charge in [-0.25, -0.2) is 0 Å². The third-order valence-corrected chi connectivity index (χ3v) is 1.98. The van der Waals surface area contributed by atoms with Crippen molar-refractivity contribution in [3.8, 4) is 0 Å². The highest BCUT2D eigenvalue weighted by Crippen LogP contribution is 2.26. The lowest BCUT2D eigenvalue weighted by Gasteiger charge is -2.17. The van der Waals surface area contributed by atoms with Gasteiger partial charge in [0.1, 0.15) is 4.51 Å². The van der Waals surface area contributed by atoms with Gasteiger partial charge in [-0.1, -0.05) is 24.8 Å². The molecular formula is C8H9BrO. The zero-order valence-corrected chi connectivity index (χ0v) is 7.13. The van der Waals surface area contributed by atoms with E-state index in [0.717, 1.165) is 5.57 Å². The molecule has 0 aliphatic heterocycles. The first-order valence-electron chi connectivity index (χ1n) is 3.07. The summed E-state index contributed by atoms with van der Waals surface area (Å²) in [6, 6.07) is 0. The molecule has 0 heterocycles. The number of hydrogen-bond acceptors (Lipinski definition) is 1. The van der Waals surface area contributed by atoms with Gasteiger partial charge in [-0.15, -0.1) is 0 Å². The number of hydrogen-bond donors (Lipinski definition) is 1. The maximum Gasteiger partial charge on any atom is 0.141 e. The maximum atomic E-state index is 9.34. The average Bonchev–Trinajstić information content (AvgIpc) is 1.88. The Bertz CT molecular complexity index is 201. The highest BCUT2D eigenvalue weighted by atomic mass is 79.9. The van der Waals surface area contributed by atoms with Crippen molar-refractivity contribution in [1.82, 2.24) is 0 Å². The molecule has 10 heavy (non-hydrogen) atoms. The molecule has 1 rings (SSSR count). The van der Waals surface area contributed by atoms with Crippen LogP contribution >= 0.6 is 15.9 Å². The fourth-order valence-corrected chi connectivity index (χ4v) is 1.07. The van der Waals surface area contributed by atoms with E-state index in [-0.39, 0.29) is 0 Å². The predicted octanol–water partition coefficient (Wildman–Crippen LogP) is 2.14. The van der Waals surface area contributed by atoms with Gasteiger partial charge in [-0.2, -0.15) is 0 Å². The SMILES string of the molecule is C=CC1=CCC(O)(Br)C=C1. The largest absolute Gasteiger partial charge is 0.375 e. The highest BCUT2D eigenvalue weighted by Gasteiger charge is 2.19. The standard InChI is InChI=1S/C8H9BrO/c1-2-7-3-5-8(9,10)6-4-7/h2-5,10H,1,6H2. The van der Waals surface area contributed by atoms with Crippen LogP contribution in [0.2, 0.25) is 0 Å². The lowest BCUT2D eigenvalue weighted by molar-refractivity contribution is 0.197. The Kier molecular flexibility index (Phi) is 2.11. The van der Waals surface area contributed by atoms with E-state index < -0.39 is 4.51 Å². The van der Waals surface area contributed by atoms with E-state index in [1.54, 1.807) is 12.2 Å². The predicted molar refractivity (Wildman–Crippen MR) is 45.9 cm³/mol. The molecule has 0 aromatic rings. The molecule has 1 aliphatic carbocycles. The first-order valence-corrected chi connectivity index (χ1v) is 3.86. The average molecular weight is 201 g/mol. The summed E-state index contributed by atoms with van der Waals surface area (Å²) >= 11 is 3.14. The van der Waals surface area contributed by atoms with Crippen LogP contribution in [-0.2, 0) is 0 Å². The third-order valence-electron chi connectivity index (χ3n) is 1.39. The van der Waals surface area contributed by atoms with E-state index in [1.807, 2.05) is 12.2 Å². The van der Waals surface area contributed by atoms with Crippen LogP contribution in [0.15, 0.2) is 36.5 Å². The fourth-order valence-electron chi connectivity index (χ4n) is 0.772. The summed E-state index contributed by atoms with van der Waals surface area (Å²) in [5.41, 5.74) is 1.06. The van der Waals surface area contributed by atoms with E-state index in [4.69, 9.17) is 0 Å². The first-order chi connectivity index (χ1) is 4.64. The Morgan fingerprint density at radius 1 is 1.80 bits per heavy atom. The lowest BCUT2D eigenvalue weighted by atomic mass is 10.1. The van der Waals surface area contributed by atoms with Crippen LogP contribution in [0, 0.1) is 0 Å². The van der Waals surface area contributed by atoms with E-state index >= 15 is 0 Å². The lowest BCUT2D eigenvalue weighted by Crippen LogP contribution is -2.16. The number of rotatable bonds is 1. The summed E-state index contributed by atoms with van der Waals surface area (Å²) in [6.07, 6.45) is 7.85. The molecule has 54 valence electrons. The fraction of sp³-hybridized carbons (Fsp3) is 0.250. The maximum absolute atomic E-state index is 9.34. The van der Waals surface area contributed by atoms with Gasteiger partial charge < -0.3 is 5.11 Å². The van der Waals surface area contributed by atoms with Gasteiger partial charge in [-0.3, -0.25) is 0 Å². The molecule has 1 aliphatic rings. The second-order valence-electron chi connectivity index (χ2n) is 2.26. The van der Waals surface area contributed by atoms with E-state index in [0.29, 0.717) is 6.42 Å². The van der Waals surface area contributed by atoms with Crippen LogP contribution in [0.5, 0.6) is 0 Å². The molecule has 1 nitrogen and oxygen atoms in total. The molecule has 2 heteroatoms. The number of allylic oxidation sites excluding steroid dienone is 3. The van der Waals surface area contributed by atoms with Gasteiger partial charge in [-0.05, 0) is 27.6 Å². The van der Waals surface area contributed by atoms with E-state index in [9.17, 15) is 5.11 Å². The summed E-state index contributed by atoms with van der Waals surface area (Å²) < 4.78 is -0.834. The van der Waals surface area contributed by atoms with Crippen molar-refractivity contribution < 1.29 is 5.11 Å². The minimum atomic E-state index is -0.834. The minimum Gasteiger partial charge on any atom is -0.375 e. The van der Waals surface area contributed by atoms with Crippen molar-refractivity contribution in [2.45, 2.75) is 10.9 Å². The van der Waals surface area contributed by atoms with Gasteiger partial charge in [0.25, 0.3) is 0 Å². The molecule has 0 radical (unpaired) electrons. The Hall–Kier alpha value is -0.340. The number of alkyl halides is 1. The summed E-state index contributed by atoms with van der Waals surface area (Å²) in [4.78, 5) is 0. The second kappa shape index (κ2) is 2.72. The van der Waals surface area contributed by atoms with Gasteiger partial charge in [0.2, 0.25) is 0 Å². The van der Waals surface area contributed by atoms with Gasteiger partial charge in [0.05, 0.1) is 0 Å². The molecule has 0 amide bonds. The summed E-state index contributed by atoms with van der Waals surface area (Å²) in [7, 11) is 0. The third kappa shape index (κ3) is 1.82. The molecule has 1 N–H and O–H groups in total. The van der Waals surface area contributed by atoms with E-state index in [1.165, 1.54) is 0 Å². The molecule has 0 spiro atoms. The minimum absolute atomic E-state index is 0.602. The molecule has 0 saturated carbocycles. The molecule has 1 atom stereocenters. The molecule has 0 aromatic carbocycles. The monoisotopic (exact) mass is 200 g/mol. The highest BCUT2D eigenvalue weighted by molar-refractivity contribution is 9.10. The smallest absolute Gasteiger partial charge is 0.141 e. The topological polar surface area (TPSA) is 20.2 Å². The van der Waals surface area contributed by atoms with Crippen molar-refractivity contribution in [3.63, 3.8) is 0 Å². The molecular weight excluding hydrogens is 192 g/mol. The molecule has 1 unspecified atom stereocenters. The summed E-state index contributed by atoms with van der Waals surface area (Å²) in [5, 5.41) is 9.34. The van der Waals surface area contributed by atoms with Crippen molar-refractivity contribution in [2.75, 3.05) is 0 Å². The quantitative estimate of drug-likeness (QED) is 0.644. The summed E-state index contributed by atoms with van der Waals surface area (Å²) in [5.74, 6) is 0. The Morgan fingerprint density at radius 2 is 2.50 bits per heavy atom. The Balaban J connectivity index is 2.72. The molecule has 0 saturated heterocycles. The van der Waals surface area contributed by atoms with Crippen LogP contribution in [0.3, 0.4) is 0 Å². The van der Waals surface area contributed by atoms with Crippen LogP contribution in [0.1, 0.15) is 6.42 Å². The molecule has 0 aromatic heterocycles.